The molecule has 1 fully saturated rings. The van der Waals surface area contributed by atoms with Crippen LogP contribution >= 0.6 is 24.0 Å². The van der Waals surface area contributed by atoms with Crippen molar-refractivity contribution in [2.75, 3.05) is 20.6 Å². The van der Waals surface area contributed by atoms with Crippen LogP contribution < -0.4 is 10.6 Å². The zero-order chi connectivity index (χ0) is 19.9. The molecule has 0 aliphatic heterocycles. The summed E-state index contributed by atoms with van der Waals surface area (Å²) in [7, 11) is 3.54. The normalized spacial score (nSPS) is 14.1. The molecule has 0 aromatic heterocycles. The third-order valence-corrected chi connectivity index (χ3v) is 4.37. The van der Waals surface area contributed by atoms with Crippen LogP contribution in [0.15, 0.2) is 29.3 Å². The van der Waals surface area contributed by atoms with Gasteiger partial charge in [-0.15, -0.1) is 24.0 Å². The third kappa shape index (κ3) is 9.61. The summed E-state index contributed by atoms with van der Waals surface area (Å²) < 4.78 is 5.38. The van der Waals surface area contributed by atoms with E-state index < -0.39 is 5.60 Å². The summed E-state index contributed by atoms with van der Waals surface area (Å²) >= 11 is 0. The maximum Gasteiger partial charge on any atom is 0.410 e. The number of hydrogen-bond donors (Lipinski definition) is 2. The van der Waals surface area contributed by atoms with E-state index >= 15 is 0 Å². The van der Waals surface area contributed by atoms with Gasteiger partial charge < -0.3 is 20.3 Å². The Morgan fingerprint density at radius 3 is 2.32 bits per heavy atom. The molecule has 1 aromatic rings. The van der Waals surface area contributed by atoms with Gasteiger partial charge in [-0.25, -0.2) is 4.79 Å². The molecule has 1 aliphatic rings. The van der Waals surface area contributed by atoms with E-state index in [1.54, 1.807) is 19.0 Å². The van der Waals surface area contributed by atoms with E-state index in [-0.39, 0.29) is 30.1 Å². The van der Waals surface area contributed by atoms with Crippen LogP contribution in [0.1, 0.15) is 51.2 Å². The molecule has 1 aliphatic carbocycles. The van der Waals surface area contributed by atoms with E-state index in [4.69, 9.17) is 4.74 Å². The molecule has 158 valence electrons. The lowest BCUT2D eigenvalue weighted by Gasteiger charge is -2.24. The van der Waals surface area contributed by atoms with Crippen LogP contribution in [0, 0.1) is 5.92 Å². The van der Waals surface area contributed by atoms with Gasteiger partial charge in [0.25, 0.3) is 0 Å². The molecule has 28 heavy (non-hydrogen) atoms. The molecule has 0 atom stereocenters. The summed E-state index contributed by atoms with van der Waals surface area (Å²) in [4.78, 5) is 17.9. The summed E-state index contributed by atoms with van der Waals surface area (Å²) in [5.74, 6) is 1.76. The molecule has 0 radical (unpaired) electrons. The first-order valence-electron chi connectivity index (χ1n) is 9.73. The Balaban J connectivity index is 0.00000392. The van der Waals surface area contributed by atoms with Gasteiger partial charge in [0.05, 0.1) is 0 Å². The van der Waals surface area contributed by atoms with Crippen molar-refractivity contribution in [3.63, 3.8) is 0 Å². The van der Waals surface area contributed by atoms with Gasteiger partial charge in [-0.05, 0) is 44.2 Å². The summed E-state index contributed by atoms with van der Waals surface area (Å²) in [6.07, 6.45) is 3.67. The molecule has 0 saturated heterocycles. The molecule has 0 spiro atoms. The van der Waals surface area contributed by atoms with Crippen molar-refractivity contribution in [2.45, 2.75) is 58.7 Å². The van der Waals surface area contributed by atoms with E-state index in [2.05, 4.69) is 27.8 Å². The quantitative estimate of drug-likeness (QED) is 0.334. The number of nitrogens with one attached hydrogen (secondary N) is 2. The highest BCUT2D eigenvalue weighted by Gasteiger charge is 2.20. The monoisotopic (exact) mass is 502 g/mol. The Hall–Kier alpha value is -1.51. The molecular formula is C21H35IN4O2. The fourth-order valence-corrected chi connectivity index (χ4v) is 2.65. The zero-order valence-corrected chi connectivity index (χ0v) is 20.1. The predicted molar refractivity (Wildman–Crippen MR) is 125 cm³/mol. The first-order chi connectivity index (χ1) is 12.8. The molecule has 0 bridgehead atoms. The summed E-state index contributed by atoms with van der Waals surface area (Å²) in [6.45, 7) is 7.82. The van der Waals surface area contributed by atoms with Crippen LogP contribution in [0.2, 0.25) is 0 Å². The van der Waals surface area contributed by atoms with Gasteiger partial charge in [0, 0.05) is 33.7 Å². The van der Waals surface area contributed by atoms with Gasteiger partial charge in [0.15, 0.2) is 5.96 Å². The smallest absolute Gasteiger partial charge is 0.410 e. The van der Waals surface area contributed by atoms with Crippen LogP contribution in [-0.4, -0.2) is 43.2 Å². The Morgan fingerprint density at radius 2 is 1.79 bits per heavy atom. The average Bonchev–Trinajstić information content (AvgIpc) is 3.42. The third-order valence-electron chi connectivity index (χ3n) is 4.37. The number of rotatable bonds is 7. The lowest BCUT2D eigenvalue weighted by atomic mass is 10.1. The maximum atomic E-state index is 12.0. The van der Waals surface area contributed by atoms with Crippen molar-refractivity contribution in [3.8, 4) is 0 Å². The van der Waals surface area contributed by atoms with Crippen LogP contribution in [0.3, 0.4) is 0 Å². The number of carbonyl (C=O) groups is 1. The van der Waals surface area contributed by atoms with Crippen molar-refractivity contribution >= 4 is 36.0 Å². The molecule has 7 heteroatoms. The number of benzene rings is 1. The maximum absolute atomic E-state index is 12.0. The number of halogens is 1. The molecule has 2 N–H and O–H groups in total. The number of carbonyl (C=O) groups excluding carboxylic acids is 1. The van der Waals surface area contributed by atoms with Crippen LogP contribution in [0.4, 0.5) is 4.79 Å². The fourth-order valence-electron chi connectivity index (χ4n) is 2.65. The Morgan fingerprint density at radius 1 is 1.18 bits per heavy atom. The minimum absolute atomic E-state index is 0. The first-order valence-corrected chi connectivity index (χ1v) is 9.73. The molecular weight excluding hydrogens is 467 g/mol. The van der Waals surface area contributed by atoms with Crippen molar-refractivity contribution in [1.82, 2.24) is 15.5 Å². The number of ether oxygens (including phenoxy) is 1. The number of aliphatic imine (C=N–C) groups is 1. The van der Waals surface area contributed by atoms with Crippen molar-refractivity contribution in [1.29, 1.82) is 0 Å². The van der Waals surface area contributed by atoms with E-state index in [9.17, 15) is 4.79 Å². The van der Waals surface area contributed by atoms with Crippen molar-refractivity contribution in [3.05, 3.63) is 35.4 Å². The van der Waals surface area contributed by atoms with Gasteiger partial charge in [0.2, 0.25) is 0 Å². The van der Waals surface area contributed by atoms with Gasteiger partial charge >= 0.3 is 6.09 Å². The molecule has 6 nitrogen and oxygen atoms in total. The zero-order valence-electron chi connectivity index (χ0n) is 17.7. The Bertz CT molecular complexity index is 637. The Labute approximate surface area is 186 Å². The summed E-state index contributed by atoms with van der Waals surface area (Å²) in [5, 5.41) is 6.70. The summed E-state index contributed by atoms with van der Waals surface area (Å²) in [5.41, 5.74) is 1.76. The van der Waals surface area contributed by atoms with Gasteiger partial charge in [-0.1, -0.05) is 37.1 Å². The Kier molecular flexibility index (Phi) is 10.1. The fraction of sp³-hybridized carbons (Fsp3) is 0.619. The van der Waals surface area contributed by atoms with Crippen molar-refractivity contribution in [2.24, 2.45) is 10.9 Å². The second kappa shape index (κ2) is 11.5. The van der Waals surface area contributed by atoms with Crippen LogP contribution in [0.5, 0.6) is 0 Å². The molecule has 0 unspecified atom stereocenters. The second-order valence-corrected chi connectivity index (χ2v) is 8.24. The number of amides is 1. The number of guanidine groups is 1. The highest BCUT2D eigenvalue weighted by atomic mass is 127. The summed E-state index contributed by atoms with van der Waals surface area (Å²) in [6, 6.07) is 8.23. The number of hydrogen-bond acceptors (Lipinski definition) is 3. The van der Waals surface area contributed by atoms with E-state index in [1.807, 2.05) is 32.9 Å². The van der Waals surface area contributed by atoms with Crippen LogP contribution in [0.25, 0.3) is 0 Å². The molecule has 1 saturated carbocycles. The van der Waals surface area contributed by atoms with Gasteiger partial charge in [-0.3, -0.25) is 4.99 Å². The second-order valence-electron chi connectivity index (χ2n) is 8.24. The largest absolute Gasteiger partial charge is 0.444 e. The van der Waals surface area contributed by atoms with E-state index in [0.29, 0.717) is 13.1 Å². The number of nitrogens with zero attached hydrogens (tertiary/aromatic N) is 2. The first kappa shape index (κ1) is 24.5. The minimum Gasteiger partial charge on any atom is -0.444 e. The van der Waals surface area contributed by atoms with Crippen LogP contribution in [-0.2, 0) is 17.8 Å². The average molecular weight is 502 g/mol. The molecule has 1 amide bonds. The topological polar surface area (TPSA) is 66.0 Å². The van der Waals surface area contributed by atoms with E-state index in [1.165, 1.54) is 24.8 Å². The molecule has 1 aromatic carbocycles. The predicted octanol–water partition coefficient (Wildman–Crippen LogP) is 4.14. The lowest BCUT2D eigenvalue weighted by molar-refractivity contribution is 0.0285. The minimum atomic E-state index is -0.480. The standard InChI is InChI=1S/C21H34N4O2.HI/c1-21(2,3)27-20(26)25(5)15-18-10-8-17(9-11-18)14-24-19(22-4)23-13-12-16-6-7-16;/h8-11,16H,6-7,12-15H2,1-5H3,(H2,22,23,24);1H. The highest BCUT2D eigenvalue weighted by Crippen LogP contribution is 2.31. The van der Waals surface area contributed by atoms with Gasteiger partial charge in [-0.2, -0.15) is 0 Å². The SMILES string of the molecule is CN=C(NCCC1CC1)NCc1ccc(CN(C)C(=O)OC(C)(C)C)cc1.I. The highest BCUT2D eigenvalue weighted by molar-refractivity contribution is 14.0. The van der Waals surface area contributed by atoms with E-state index in [0.717, 1.165) is 24.0 Å². The lowest BCUT2D eigenvalue weighted by Crippen LogP contribution is -2.37. The molecule has 2 rings (SSSR count). The van der Waals surface area contributed by atoms with Crippen molar-refractivity contribution < 1.29 is 9.53 Å². The molecule has 0 heterocycles. The van der Waals surface area contributed by atoms with Gasteiger partial charge in [0.1, 0.15) is 5.60 Å².